The monoisotopic (exact) mass is 376 g/mol. The van der Waals surface area contributed by atoms with Crippen molar-refractivity contribution in [1.29, 1.82) is 0 Å². The molecule has 0 aliphatic carbocycles. The van der Waals surface area contributed by atoms with Gasteiger partial charge in [0.1, 0.15) is 11.6 Å². The van der Waals surface area contributed by atoms with Crippen LogP contribution in [0.4, 0.5) is 14.5 Å². The summed E-state index contributed by atoms with van der Waals surface area (Å²) in [6.07, 6.45) is 0.464. The van der Waals surface area contributed by atoms with Crippen LogP contribution in [0.25, 0.3) is 0 Å². The Hall–Kier alpha value is -3.29. The number of hydrogen-bond donors (Lipinski definition) is 2. The normalized spacial score (nSPS) is 10.2. The van der Waals surface area contributed by atoms with Crippen molar-refractivity contribution in [3.8, 4) is 0 Å². The number of carbonyl (C=O) groups excluding carboxylic acids is 3. The summed E-state index contributed by atoms with van der Waals surface area (Å²) in [7, 11) is 1.28. The summed E-state index contributed by atoms with van der Waals surface area (Å²) in [6.45, 7) is 0.157. The van der Waals surface area contributed by atoms with E-state index in [0.29, 0.717) is 23.7 Å². The van der Waals surface area contributed by atoms with Crippen molar-refractivity contribution in [2.75, 3.05) is 19.0 Å². The lowest BCUT2D eigenvalue weighted by atomic mass is 10.2. The van der Waals surface area contributed by atoms with E-state index in [2.05, 4.69) is 15.4 Å². The molecule has 0 aliphatic rings. The minimum Gasteiger partial charge on any atom is -0.465 e. The molecule has 8 heteroatoms. The second kappa shape index (κ2) is 9.42. The van der Waals surface area contributed by atoms with Crippen LogP contribution in [0.1, 0.15) is 33.6 Å². The minimum absolute atomic E-state index is 0.130. The summed E-state index contributed by atoms with van der Waals surface area (Å²) in [4.78, 5) is 35.0. The zero-order valence-electron chi connectivity index (χ0n) is 14.6. The van der Waals surface area contributed by atoms with E-state index in [-0.39, 0.29) is 24.4 Å². The Morgan fingerprint density at radius 2 is 1.74 bits per heavy atom. The first-order chi connectivity index (χ1) is 12.9. The second-order valence-electron chi connectivity index (χ2n) is 5.60. The predicted molar refractivity (Wildman–Crippen MR) is 94.3 cm³/mol. The molecule has 0 saturated carbocycles. The van der Waals surface area contributed by atoms with E-state index in [1.807, 2.05) is 0 Å². The Kier molecular flexibility index (Phi) is 6.99. The van der Waals surface area contributed by atoms with Gasteiger partial charge in [0.2, 0.25) is 5.91 Å². The highest BCUT2D eigenvalue weighted by Crippen LogP contribution is 2.11. The predicted octanol–water partition coefficient (Wildman–Crippen LogP) is 2.90. The van der Waals surface area contributed by atoms with Crippen molar-refractivity contribution in [3.05, 3.63) is 65.2 Å². The highest BCUT2D eigenvalue weighted by atomic mass is 19.1. The first-order valence-electron chi connectivity index (χ1n) is 8.12. The van der Waals surface area contributed by atoms with Gasteiger partial charge in [-0.2, -0.15) is 0 Å². The van der Waals surface area contributed by atoms with Crippen LogP contribution in [0.3, 0.4) is 0 Å². The Labute approximate surface area is 154 Å². The Balaban J connectivity index is 1.74. The van der Waals surface area contributed by atoms with Gasteiger partial charge >= 0.3 is 5.97 Å². The summed E-state index contributed by atoms with van der Waals surface area (Å²) in [5.74, 6) is -3.13. The Morgan fingerprint density at radius 3 is 2.37 bits per heavy atom. The molecule has 0 unspecified atom stereocenters. The molecule has 2 rings (SSSR count). The number of carbonyl (C=O) groups is 3. The number of benzene rings is 2. The van der Waals surface area contributed by atoms with E-state index in [1.54, 1.807) is 12.1 Å². The molecule has 0 heterocycles. The zero-order chi connectivity index (χ0) is 19.8. The number of hydrogen-bond acceptors (Lipinski definition) is 4. The molecule has 0 saturated heterocycles. The van der Waals surface area contributed by atoms with E-state index in [4.69, 9.17) is 0 Å². The second-order valence-corrected chi connectivity index (χ2v) is 5.60. The number of nitrogens with one attached hydrogen (secondary N) is 2. The van der Waals surface area contributed by atoms with Crippen molar-refractivity contribution >= 4 is 23.5 Å². The number of methoxy groups -OCH3 is 1. The molecule has 0 aromatic heterocycles. The number of rotatable bonds is 7. The van der Waals surface area contributed by atoms with E-state index >= 15 is 0 Å². The molecule has 0 radical (unpaired) electrons. The van der Waals surface area contributed by atoms with Gasteiger partial charge in [-0.1, -0.05) is 0 Å². The lowest BCUT2D eigenvalue weighted by Gasteiger charge is -2.08. The minimum atomic E-state index is -0.944. The third kappa shape index (κ3) is 5.88. The van der Waals surface area contributed by atoms with Gasteiger partial charge in [0, 0.05) is 24.7 Å². The Bertz CT molecular complexity index is 838. The van der Waals surface area contributed by atoms with Crippen LogP contribution in [-0.2, 0) is 9.53 Å². The Morgan fingerprint density at radius 1 is 1.04 bits per heavy atom. The molecule has 0 aliphatic heterocycles. The van der Waals surface area contributed by atoms with Gasteiger partial charge in [-0.25, -0.2) is 13.6 Å². The summed E-state index contributed by atoms with van der Waals surface area (Å²) >= 11 is 0. The molecule has 2 aromatic carbocycles. The van der Waals surface area contributed by atoms with Crippen LogP contribution in [-0.4, -0.2) is 31.4 Å². The first kappa shape index (κ1) is 20.0. The van der Waals surface area contributed by atoms with Crippen LogP contribution in [0, 0.1) is 11.6 Å². The van der Waals surface area contributed by atoms with E-state index < -0.39 is 23.5 Å². The molecular formula is C19H18F2N2O4. The van der Waals surface area contributed by atoms with E-state index in [0.717, 1.165) is 12.1 Å². The van der Waals surface area contributed by atoms with E-state index in [1.165, 1.54) is 19.2 Å². The van der Waals surface area contributed by atoms with Crippen molar-refractivity contribution < 1.29 is 27.9 Å². The zero-order valence-corrected chi connectivity index (χ0v) is 14.6. The fraction of sp³-hybridized carbons (Fsp3) is 0.211. The fourth-order valence-corrected chi connectivity index (χ4v) is 2.25. The van der Waals surface area contributed by atoms with Crippen molar-refractivity contribution in [2.45, 2.75) is 12.8 Å². The lowest BCUT2D eigenvalue weighted by molar-refractivity contribution is -0.116. The number of ether oxygens (including phenoxy) is 1. The van der Waals surface area contributed by atoms with E-state index in [9.17, 15) is 23.2 Å². The highest BCUT2D eigenvalue weighted by Gasteiger charge is 2.12. The van der Waals surface area contributed by atoms with Gasteiger partial charge in [0.25, 0.3) is 5.91 Å². The van der Waals surface area contributed by atoms with Crippen molar-refractivity contribution in [1.82, 2.24) is 5.32 Å². The molecule has 2 amide bonds. The smallest absolute Gasteiger partial charge is 0.337 e. The summed E-state index contributed by atoms with van der Waals surface area (Å²) in [5.41, 5.74) is 0.628. The molecule has 27 heavy (non-hydrogen) atoms. The van der Waals surface area contributed by atoms with Gasteiger partial charge in [0.05, 0.1) is 18.2 Å². The van der Waals surface area contributed by atoms with Gasteiger partial charge in [-0.05, 0) is 42.8 Å². The number of amides is 2. The summed E-state index contributed by atoms with van der Waals surface area (Å²) in [5, 5.41) is 5.13. The topological polar surface area (TPSA) is 84.5 Å². The summed E-state index contributed by atoms with van der Waals surface area (Å²) < 4.78 is 30.9. The van der Waals surface area contributed by atoms with Gasteiger partial charge in [-0.3, -0.25) is 9.59 Å². The number of anilines is 1. The molecule has 2 aromatic rings. The average molecular weight is 376 g/mol. The molecule has 2 N–H and O–H groups in total. The average Bonchev–Trinajstić information content (AvgIpc) is 2.65. The molecular weight excluding hydrogens is 358 g/mol. The molecule has 0 spiro atoms. The highest BCUT2D eigenvalue weighted by molar-refractivity contribution is 5.95. The number of halogens is 2. The van der Waals surface area contributed by atoms with Crippen molar-refractivity contribution in [3.63, 3.8) is 0 Å². The van der Waals surface area contributed by atoms with Crippen LogP contribution in [0.5, 0.6) is 0 Å². The fourth-order valence-electron chi connectivity index (χ4n) is 2.25. The van der Waals surface area contributed by atoms with Crippen LogP contribution in [0.15, 0.2) is 42.5 Å². The van der Waals surface area contributed by atoms with Gasteiger partial charge in [-0.15, -0.1) is 0 Å². The van der Waals surface area contributed by atoms with Gasteiger partial charge in [0.15, 0.2) is 0 Å². The molecule has 0 bridgehead atoms. The maximum Gasteiger partial charge on any atom is 0.337 e. The van der Waals surface area contributed by atoms with Crippen molar-refractivity contribution in [2.24, 2.45) is 0 Å². The summed E-state index contributed by atoms with van der Waals surface area (Å²) in [6, 6.07) is 8.89. The standard InChI is InChI=1S/C19H18F2N2O4/c1-27-19(26)12-4-7-14(8-5-12)23-17(24)3-2-10-22-18(25)15-9-6-13(20)11-16(15)21/h4-9,11H,2-3,10H2,1H3,(H,22,25)(H,23,24). The largest absolute Gasteiger partial charge is 0.465 e. The SMILES string of the molecule is COC(=O)c1ccc(NC(=O)CCCNC(=O)c2ccc(F)cc2F)cc1. The van der Waals surface area contributed by atoms with Gasteiger partial charge < -0.3 is 15.4 Å². The molecule has 142 valence electrons. The number of esters is 1. The molecule has 0 atom stereocenters. The maximum atomic E-state index is 13.5. The third-order valence-corrected chi connectivity index (χ3v) is 3.63. The molecule has 0 fully saturated rings. The maximum absolute atomic E-state index is 13.5. The molecule has 6 nitrogen and oxygen atoms in total. The van der Waals surface area contributed by atoms with Crippen LogP contribution >= 0.6 is 0 Å². The quantitative estimate of drug-likeness (QED) is 0.575. The van der Waals surface area contributed by atoms with Crippen LogP contribution < -0.4 is 10.6 Å². The van der Waals surface area contributed by atoms with Crippen LogP contribution in [0.2, 0.25) is 0 Å². The third-order valence-electron chi connectivity index (χ3n) is 3.63. The first-order valence-corrected chi connectivity index (χ1v) is 8.12. The lowest BCUT2D eigenvalue weighted by Crippen LogP contribution is -2.26.